The standard InChI is InChI=1S/C19H24N2O4/c22-18(16-11-15-3-1-2-4-17(15)25-12-16)21-6-5-19(23,14-21)13-20-7-9-24-10-8-20/h1-4,11,23H,5-10,12-14H2/t19-/m1/s1. The van der Waals surface area contributed by atoms with Crippen molar-refractivity contribution < 1.29 is 19.4 Å². The van der Waals surface area contributed by atoms with Crippen molar-refractivity contribution >= 4 is 12.0 Å². The van der Waals surface area contributed by atoms with Gasteiger partial charge in [0, 0.05) is 31.7 Å². The van der Waals surface area contributed by atoms with Gasteiger partial charge in [-0.3, -0.25) is 9.69 Å². The smallest absolute Gasteiger partial charge is 0.253 e. The average molecular weight is 344 g/mol. The molecule has 3 aliphatic rings. The Morgan fingerprint density at radius 3 is 2.84 bits per heavy atom. The lowest BCUT2D eigenvalue weighted by Crippen LogP contribution is -2.49. The first-order chi connectivity index (χ1) is 12.1. The van der Waals surface area contributed by atoms with Gasteiger partial charge in [0.1, 0.15) is 12.4 Å². The van der Waals surface area contributed by atoms with Crippen LogP contribution < -0.4 is 4.74 Å². The number of hydrogen-bond donors (Lipinski definition) is 1. The summed E-state index contributed by atoms with van der Waals surface area (Å²) in [5.41, 5.74) is 0.746. The molecule has 6 heteroatoms. The van der Waals surface area contributed by atoms with Crippen LogP contribution in [-0.4, -0.2) is 79.0 Å². The molecule has 4 rings (SSSR count). The SMILES string of the molecule is O=C(C1=Cc2ccccc2OC1)N1CC[C@@](O)(CN2CCOCC2)C1. The minimum atomic E-state index is -0.832. The maximum Gasteiger partial charge on any atom is 0.253 e. The van der Waals surface area contributed by atoms with Crippen molar-refractivity contribution in [2.45, 2.75) is 12.0 Å². The fourth-order valence-corrected chi connectivity index (χ4v) is 3.78. The van der Waals surface area contributed by atoms with Gasteiger partial charge in [-0.05, 0) is 18.6 Å². The lowest BCUT2D eigenvalue weighted by atomic mass is 10.0. The Hall–Kier alpha value is -1.89. The molecule has 0 bridgehead atoms. The number of carbonyl (C=O) groups excluding carboxylic acids is 1. The normalized spacial score (nSPS) is 26.8. The molecule has 0 saturated carbocycles. The number of para-hydroxylation sites is 1. The fourth-order valence-electron chi connectivity index (χ4n) is 3.78. The quantitative estimate of drug-likeness (QED) is 0.877. The van der Waals surface area contributed by atoms with Crippen LogP contribution in [0.1, 0.15) is 12.0 Å². The van der Waals surface area contributed by atoms with Crippen molar-refractivity contribution in [2.24, 2.45) is 0 Å². The van der Waals surface area contributed by atoms with Crippen LogP contribution in [0.5, 0.6) is 5.75 Å². The molecule has 2 fully saturated rings. The number of morpholine rings is 1. The highest BCUT2D eigenvalue weighted by atomic mass is 16.5. The first kappa shape index (κ1) is 16.6. The molecule has 3 heterocycles. The van der Waals surface area contributed by atoms with Crippen molar-refractivity contribution in [1.29, 1.82) is 0 Å². The van der Waals surface area contributed by atoms with Gasteiger partial charge >= 0.3 is 0 Å². The molecule has 6 nitrogen and oxygen atoms in total. The molecule has 25 heavy (non-hydrogen) atoms. The second-order valence-corrected chi connectivity index (χ2v) is 7.09. The van der Waals surface area contributed by atoms with Gasteiger partial charge in [-0.25, -0.2) is 0 Å². The summed E-state index contributed by atoms with van der Waals surface area (Å²) in [5.74, 6) is 0.775. The number of rotatable bonds is 3. The van der Waals surface area contributed by atoms with Gasteiger partial charge < -0.3 is 19.5 Å². The first-order valence-electron chi connectivity index (χ1n) is 8.87. The highest BCUT2D eigenvalue weighted by molar-refractivity contribution is 5.99. The van der Waals surface area contributed by atoms with Crippen molar-refractivity contribution in [2.75, 3.05) is 52.5 Å². The Balaban J connectivity index is 1.41. The summed E-state index contributed by atoms with van der Waals surface area (Å²) in [6, 6.07) is 7.71. The predicted octanol–water partition coefficient (Wildman–Crippen LogP) is 0.758. The van der Waals surface area contributed by atoms with Gasteiger partial charge in [-0.2, -0.15) is 0 Å². The van der Waals surface area contributed by atoms with E-state index < -0.39 is 5.60 Å². The summed E-state index contributed by atoms with van der Waals surface area (Å²) in [5, 5.41) is 10.9. The number of β-amino-alcohol motifs (C(OH)–C–C–N with tert-alkyl or cyclic N) is 1. The highest BCUT2D eigenvalue weighted by Crippen LogP contribution is 2.29. The van der Waals surface area contributed by atoms with Crippen molar-refractivity contribution in [3.8, 4) is 5.75 Å². The third-order valence-electron chi connectivity index (χ3n) is 5.15. The van der Waals surface area contributed by atoms with Crippen molar-refractivity contribution in [3.63, 3.8) is 0 Å². The van der Waals surface area contributed by atoms with Gasteiger partial charge in [0.2, 0.25) is 0 Å². The summed E-state index contributed by atoms with van der Waals surface area (Å²) in [4.78, 5) is 16.8. The number of aliphatic hydroxyl groups is 1. The second kappa shape index (κ2) is 6.78. The molecule has 1 aromatic rings. The van der Waals surface area contributed by atoms with Crippen LogP contribution in [0.2, 0.25) is 0 Å². The zero-order chi connectivity index (χ0) is 17.3. The Bertz CT molecular complexity index is 684. The van der Waals surface area contributed by atoms with E-state index in [2.05, 4.69) is 4.90 Å². The van der Waals surface area contributed by atoms with Gasteiger partial charge in [0.15, 0.2) is 0 Å². The number of benzene rings is 1. The Labute approximate surface area is 147 Å². The van der Waals surface area contributed by atoms with Crippen LogP contribution in [0.3, 0.4) is 0 Å². The summed E-state index contributed by atoms with van der Waals surface area (Å²) in [7, 11) is 0. The molecular weight excluding hydrogens is 320 g/mol. The molecule has 1 N–H and O–H groups in total. The Morgan fingerprint density at radius 1 is 1.20 bits per heavy atom. The minimum absolute atomic E-state index is 0.0348. The summed E-state index contributed by atoms with van der Waals surface area (Å²) in [6.07, 6.45) is 2.52. The van der Waals surface area contributed by atoms with E-state index in [1.165, 1.54) is 0 Å². The molecule has 2 saturated heterocycles. The zero-order valence-electron chi connectivity index (χ0n) is 14.3. The van der Waals surface area contributed by atoms with Crippen LogP contribution in [0.25, 0.3) is 6.08 Å². The van der Waals surface area contributed by atoms with E-state index in [0.29, 0.717) is 44.8 Å². The summed E-state index contributed by atoms with van der Waals surface area (Å²) in [6.45, 7) is 4.94. The summed E-state index contributed by atoms with van der Waals surface area (Å²) >= 11 is 0. The molecule has 134 valence electrons. The molecule has 3 aliphatic heterocycles. The van der Waals surface area contributed by atoms with Gasteiger partial charge in [-0.1, -0.05) is 18.2 Å². The van der Waals surface area contributed by atoms with Gasteiger partial charge in [0.05, 0.1) is 30.9 Å². The maximum absolute atomic E-state index is 12.8. The lowest BCUT2D eigenvalue weighted by molar-refractivity contribution is -0.127. The van der Waals surface area contributed by atoms with Crippen LogP contribution in [-0.2, 0) is 9.53 Å². The molecule has 1 atom stereocenters. The van der Waals surface area contributed by atoms with Crippen LogP contribution >= 0.6 is 0 Å². The van der Waals surface area contributed by atoms with E-state index in [1.54, 1.807) is 4.90 Å². The minimum Gasteiger partial charge on any atom is -0.488 e. The summed E-state index contributed by atoms with van der Waals surface area (Å²) < 4.78 is 11.0. The zero-order valence-corrected chi connectivity index (χ0v) is 14.3. The van der Waals surface area contributed by atoms with Crippen LogP contribution in [0, 0.1) is 0 Å². The maximum atomic E-state index is 12.8. The number of amides is 1. The third kappa shape index (κ3) is 3.56. The number of fused-ring (bicyclic) bond motifs is 1. The molecule has 0 spiro atoms. The largest absolute Gasteiger partial charge is 0.488 e. The molecule has 0 radical (unpaired) electrons. The Kier molecular flexibility index (Phi) is 4.50. The number of ether oxygens (including phenoxy) is 2. The van der Waals surface area contributed by atoms with Gasteiger partial charge in [0.25, 0.3) is 5.91 Å². The van der Waals surface area contributed by atoms with Gasteiger partial charge in [-0.15, -0.1) is 0 Å². The van der Waals surface area contributed by atoms with E-state index in [0.717, 1.165) is 24.4 Å². The van der Waals surface area contributed by atoms with Crippen LogP contribution in [0.15, 0.2) is 29.8 Å². The lowest BCUT2D eigenvalue weighted by Gasteiger charge is -2.33. The predicted molar refractivity (Wildman–Crippen MR) is 93.3 cm³/mol. The topological polar surface area (TPSA) is 62.2 Å². The third-order valence-corrected chi connectivity index (χ3v) is 5.15. The Morgan fingerprint density at radius 2 is 2.00 bits per heavy atom. The molecule has 1 amide bonds. The number of likely N-dealkylation sites (tertiary alicyclic amines) is 1. The van der Waals surface area contributed by atoms with E-state index >= 15 is 0 Å². The van der Waals surface area contributed by atoms with E-state index in [-0.39, 0.29) is 12.5 Å². The van der Waals surface area contributed by atoms with Crippen molar-refractivity contribution in [1.82, 2.24) is 9.80 Å². The molecule has 0 aliphatic carbocycles. The fraction of sp³-hybridized carbons (Fsp3) is 0.526. The highest BCUT2D eigenvalue weighted by Gasteiger charge is 2.40. The van der Waals surface area contributed by atoms with E-state index in [1.807, 2.05) is 30.3 Å². The number of nitrogens with zero attached hydrogens (tertiary/aromatic N) is 2. The first-order valence-corrected chi connectivity index (χ1v) is 8.87. The van der Waals surface area contributed by atoms with Crippen molar-refractivity contribution in [3.05, 3.63) is 35.4 Å². The molecule has 0 unspecified atom stereocenters. The second-order valence-electron chi connectivity index (χ2n) is 7.09. The molecule has 0 aromatic heterocycles. The van der Waals surface area contributed by atoms with E-state index in [4.69, 9.17) is 9.47 Å². The monoisotopic (exact) mass is 344 g/mol. The number of carbonyl (C=O) groups is 1. The molecule has 1 aromatic carbocycles. The molecular formula is C19H24N2O4. The van der Waals surface area contributed by atoms with Crippen LogP contribution in [0.4, 0.5) is 0 Å². The van der Waals surface area contributed by atoms with E-state index in [9.17, 15) is 9.90 Å². The number of hydrogen-bond acceptors (Lipinski definition) is 5. The average Bonchev–Trinajstić information content (AvgIpc) is 3.03.